The Morgan fingerprint density at radius 3 is 2.59 bits per heavy atom. The topological polar surface area (TPSA) is 84.4 Å². The Morgan fingerprint density at radius 1 is 1.07 bits per heavy atom. The molecular formula is C22H26N4O3. The molecule has 4 heterocycles. The SMILES string of the molecule is O=C(N[C@H]1COC[C@H]1Cc1ccncc1)C1CCN(C(=O)c2ccccn2)CC1. The van der Waals surface area contributed by atoms with Crippen molar-refractivity contribution in [1.82, 2.24) is 20.2 Å². The number of aromatic nitrogens is 2. The number of nitrogens with one attached hydrogen (secondary N) is 1. The summed E-state index contributed by atoms with van der Waals surface area (Å²) >= 11 is 0. The zero-order valence-electron chi connectivity index (χ0n) is 16.4. The lowest BCUT2D eigenvalue weighted by molar-refractivity contribution is -0.127. The molecule has 2 aliphatic rings. The van der Waals surface area contributed by atoms with Gasteiger partial charge in [0.15, 0.2) is 0 Å². The lowest BCUT2D eigenvalue weighted by Gasteiger charge is -2.32. The van der Waals surface area contributed by atoms with E-state index in [0.717, 1.165) is 6.42 Å². The van der Waals surface area contributed by atoms with Gasteiger partial charge in [-0.05, 0) is 49.1 Å². The maximum Gasteiger partial charge on any atom is 0.272 e. The zero-order chi connectivity index (χ0) is 20.1. The Kier molecular flexibility index (Phi) is 6.14. The molecule has 2 aromatic rings. The van der Waals surface area contributed by atoms with Crippen LogP contribution in [0.4, 0.5) is 0 Å². The van der Waals surface area contributed by atoms with Crippen molar-refractivity contribution in [2.24, 2.45) is 11.8 Å². The molecule has 7 nitrogen and oxygen atoms in total. The highest BCUT2D eigenvalue weighted by atomic mass is 16.5. The third-order valence-electron chi connectivity index (χ3n) is 5.81. The molecule has 0 aliphatic carbocycles. The van der Waals surface area contributed by atoms with Gasteiger partial charge in [0.25, 0.3) is 5.91 Å². The fraction of sp³-hybridized carbons (Fsp3) is 0.455. The van der Waals surface area contributed by atoms with Crippen molar-refractivity contribution in [2.75, 3.05) is 26.3 Å². The molecule has 0 bridgehead atoms. The van der Waals surface area contributed by atoms with Crippen LogP contribution in [0.15, 0.2) is 48.9 Å². The average Bonchev–Trinajstić information content (AvgIpc) is 3.21. The van der Waals surface area contributed by atoms with Crippen LogP contribution in [0.2, 0.25) is 0 Å². The van der Waals surface area contributed by atoms with Crippen molar-refractivity contribution in [2.45, 2.75) is 25.3 Å². The molecule has 152 valence electrons. The second-order valence-corrected chi connectivity index (χ2v) is 7.75. The number of hydrogen-bond acceptors (Lipinski definition) is 5. The van der Waals surface area contributed by atoms with Crippen molar-refractivity contribution in [3.05, 3.63) is 60.2 Å². The van der Waals surface area contributed by atoms with E-state index in [9.17, 15) is 9.59 Å². The van der Waals surface area contributed by atoms with E-state index in [0.29, 0.717) is 44.8 Å². The number of hydrogen-bond donors (Lipinski definition) is 1. The first-order valence-electron chi connectivity index (χ1n) is 10.2. The van der Waals surface area contributed by atoms with Crippen LogP contribution in [0.5, 0.6) is 0 Å². The van der Waals surface area contributed by atoms with Crippen LogP contribution in [0.3, 0.4) is 0 Å². The van der Waals surface area contributed by atoms with Crippen LogP contribution in [0.25, 0.3) is 0 Å². The van der Waals surface area contributed by atoms with E-state index in [1.165, 1.54) is 5.56 Å². The number of piperidine rings is 1. The number of rotatable bonds is 5. The molecule has 2 aliphatic heterocycles. The van der Waals surface area contributed by atoms with Crippen LogP contribution in [0, 0.1) is 11.8 Å². The van der Waals surface area contributed by atoms with Gasteiger partial charge in [-0.15, -0.1) is 0 Å². The van der Waals surface area contributed by atoms with Crippen molar-refractivity contribution in [3.63, 3.8) is 0 Å². The van der Waals surface area contributed by atoms with Crippen LogP contribution >= 0.6 is 0 Å². The quantitative estimate of drug-likeness (QED) is 0.835. The monoisotopic (exact) mass is 394 g/mol. The summed E-state index contributed by atoms with van der Waals surface area (Å²) in [6.45, 7) is 2.37. The molecule has 4 rings (SSSR count). The largest absolute Gasteiger partial charge is 0.379 e. The van der Waals surface area contributed by atoms with Crippen molar-refractivity contribution < 1.29 is 14.3 Å². The predicted molar refractivity (Wildman–Crippen MR) is 107 cm³/mol. The van der Waals surface area contributed by atoms with E-state index in [4.69, 9.17) is 4.74 Å². The summed E-state index contributed by atoms with van der Waals surface area (Å²) in [6.07, 6.45) is 7.42. The molecular weight excluding hydrogens is 368 g/mol. The average molecular weight is 394 g/mol. The molecule has 0 spiro atoms. The number of pyridine rings is 2. The molecule has 0 saturated carbocycles. The van der Waals surface area contributed by atoms with E-state index >= 15 is 0 Å². The summed E-state index contributed by atoms with van der Waals surface area (Å²) in [5.41, 5.74) is 1.66. The molecule has 29 heavy (non-hydrogen) atoms. The zero-order valence-corrected chi connectivity index (χ0v) is 16.4. The number of amides is 2. The molecule has 2 amide bonds. The Labute approximate surface area is 170 Å². The molecule has 2 fully saturated rings. The first-order valence-corrected chi connectivity index (χ1v) is 10.2. The minimum Gasteiger partial charge on any atom is -0.379 e. The second-order valence-electron chi connectivity index (χ2n) is 7.75. The van der Waals surface area contributed by atoms with Gasteiger partial charge in [0.1, 0.15) is 5.69 Å². The summed E-state index contributed by atoms with van der Waals surface area (Å²) in [5, 5.41) is 3.20. The minimum absolute atomic E-state index is 0.0313. The van der Waals surface area contributed by atoms with Crippen LogP contribution in [-0.4, -0.2) is 59.0 Å². The van der Waals surface area contributed by atoms with E-state index in [1.807, 2.05) is 18.2 Å². The second kappa shape index (κ2) is 9.13. The van der Waals surface area contributed by atoms with Gasteiger partial charge < -0.3 is 15.0 Å². The molecule has 7 heteroatoms. The number of carbonyl (C=O) groups excluding carboxylic acids is 2. The van der Waals surface area contributed by atoms with E-state index in [2.05, 4.69) is 15.3 Å². The molecule has 2 saturated heterocycles. The Hall–Kier alpha value is -2.80. The maximum atomic E-state index is 12.8. The van der Waals surface area contributed by atoms with Gasteiger partial charge >= 0.3 is 0 Å². The summed E-state index contributed by atoms with van der Waals surface area (Å²) in [5.74, 6) is 0.216. The van der Waals surface area contributed by atoms with Crippen molar-refractivity contribution >= 4 is 11.8 Å². The lowest BCUT2D eigenvalue weighted by Crippen LogP contribution is -2.47. The summed E-state index contributed by atoms with van der Waals surface area (Å²) in [4.78, 5) is 35.3. The van der Waals surface area contributed by atoms with E-state index in [1.54, 1.807) is 35.6 Å². The van der Waals surface area contributed by atoms with Crippen LogP contribution in [-0.2, 0) is 16.0 Å². The van der Waals surface area contributed by atoms with Gasteiger partial charge in [-0.25, -0.2) is 0 Å². The maximum absolute atomic E-state index is 12.8. The van der Waals surface area contributed by atoms with Crippen LogP contribution in [0.1, 0.15) is 28.9 Å². The van der Waals surface area contributed by atoms with Crippen molar-refractivity contribution in [3.8, 4) is 0 Å². The summed E-state index contributed by atoms with van der Waals surface area (Å²) in [7, 11) is 0. The summed E-state index contributed by atoms with van der Waals surface area (Å²) in [6, 6.07) is 9.37. The smallest absolute Gasteiger partial charge is 0.272 e. The molecule has 0 unspecified atom stereocenters. The number of likely N-dealkylation sites (tertiary alicyclic amines) is 1. The molecule has 1 N–H and O–H groups in total. The first kappa shape index (κ1) is 19.5. The molecule has 0 aromatic carbocycles. The van der Waals surface area contributed by atoms with E-state index < -0.39 is 0 Å². The van der Waals surface area contributed by atoms with Gasteiger partial charge in [-0.3, -0.25) is 19.6 Å². The fourth-order valence-corrected chi connectivity index (χ4v) is 4.08. The highest BCUT2D eigenvalue weighted by Gasteiger charge is 2.33. The Balaban J connectivity index is 1.28. The normalized spacial score (nSPS) is 22.4. The van der Waals surface area contributed by atoms with Crippen molar-refractivity contribution in [1.29, 1.82) is 0 Å². The van der Waals surface area contributed by atoms with Gasteiger partial charge in [-0.1, -0.05) is 6.07 Å². The Morgan fingerprint density at radius 2 is 1.86 bits per heavy atom. The first-order chi connectivity index (χ1) is 14.2. The van der Waals surface area contributed by atoms with Gasteiger partial charge in [0.2, 0.25) is 5.91 Å². The third-order valence-corrected chi connectivity index (χ3v) is 5.81. The lowest BCUT2D eigenvalue weighted by atomic mass is 9.92. The molecule has 2 atom stereocenters. The summed E-state index contributed by atoms with van der Waals surface area (Å²) < 4.78 is 5.64. The van der Waals surface area contributed by atoms with Gasteiger partial charge in [-0.2, -0.15) is 0 Å². The van der Waals surface area contributed by atoms with Crippen LogP contribution < -0.4 is 5.32 Å². The molecule has 2 aromatic heterocycles. The third kappa shape index (κ3) is 4.79. The highest BCUT2D eigenvalue weighted by Crippen LogP contribution is 2.22. The Bertz CT molecular complexity index is 822. The van der Waals surface area contributed by atoms with E-state index in [-0.39, 0.29) is 29.7 Å². The molecule has 0 radical (unpaired) electrons. The van der Waals surface area contributed by atoms with Gasteiger partial charge in [0.05, 0.1) is 19.3 Å². The fourth-order valence-electron chi connectivity index (χ4n) is 4.08. The minimum atomic E-state index is -0.0649. The predicted octanol–water partition coefficient (Wildman–Crippen LogP) is 1.70. The highest BCUT2D eigenvalue weighted by molar-refractivity contribution is 5.92. The number of ether oxygens (including phenoxy) is 1. The number of nitrogens with zero attached hydrogens (tertiary/aromatic N) is 3. The standard InChI is InChI=1S/C22H26N4O3/c27-21(25-20-15-29-14-18(20)13-16-4-9-23-10-5-16)17-6-11-26(12-7-17)22(28)19-3-1-2-8-24-19/h1-5,8-10,17-18,20H,6-7,11-15H2,(H,25,27)/t18-,20+/m1/s1. The van der Waals surface area contributed by atoms with Gasteiger partial charge in [0, 0.05) is 43.5 Å². The number of carbonyl (C=O) groups is 2.